The summed E-state index contributed by atoms with van der Waals surface area (Å²) < 4.78 is 1.90. The summed E-state index contributed by atoms with van der Waals surface area (Å²) in [5.41, 5.74) is 2.46. The number of hydrogen-bond donors (Lipinski definition) is 2. The fraction of sp³-hybridized carbons (Fsp3) is 0.471. The smallest absolute Gasteiger partial charge is 0.0645 e. The van der Waals surface area contributed by atoms with Crippen LogP contribution in [0.15, 0.2) is 42.7 Å². The number of rotatable bonds is 8. The highest BCUT2D eigenvalue weighted by atomic mass is 16.2. The molecule has 4 heteroatoms. The Kier molecular flexibility index (Phi) is 5.53. The minimum Gasteiger partial charge on any atom is -0.396 e. The number of aliphatic hydroxyl groups is 1. The second-order valence-electron chi connectivity index (χ2n) is 6.22. The molecule has 2 aromatic rings. The molecule has 0 spiro atoms. The third-order valence-electron chi connectivity index (χ3n) is 3.60. The lowest BCUT2D eigenvalue weighted by Gasteiger charge is -2.24. The number of benzene rings is 1. The van der Waals surface area contributed by atoms with Crippen molar-refractivity contribution >= 4 is 0 Å². The van der Waals surface area contributed by atoms with Gasteiger partial charge in [0.25, 0.3) is 0 Å². The lowest BCUT2D eigenvalue weighted by molar-refractivity contribution is 0.236. The highest BCUT2D eigenvalue weighted by Gasteiger charge is 2.16. The van der Waals surface area contributed by atoms with Gasteiger partial charge in [0.05, 0.1) is 11.9 Å². The van der Waals surface area contributed by atoms with Crippen molar-refractivity contribution in [2.45, 2.75) is 33.2 Å². The van der Waals surface area contributed by atoms with Gasteiger partial charge in [0, 0.05) is 31.5 Å². The second-order valence-corrected chi connectivity index (χ2v) is 6.22. The molecule has 4 nitrogen and oxygen atoms in total. The first-order valence-electron chi connectivity index (χ1n) is 7.51. The molecule has 0 aliphatic rings. The van der Waals surface area contributed by atoms with Crippen molar-refractivity contribution in [3.05, 3.63) is 48.3 Å². The fourth-order valence-corrected chi connectivity index (χ4v) is 2.36. The summed E-state index contributed by atoms with van der Waals surface area (Å²) in [4.78, 5) is 0. The minimum atomic E-state index is 0.207. The van der Waals surface area contributed by atoms with Crippen LogP contribution in [0.1, 0.15) is 32.3 Å². The molecule has 0 unspecified atom stereocenters. The predicted octanol–water partition coefficient (Wildman–Crippen LogP) is 2.76. The van der Waals surface area contributed by atoms with Gasteiger partial charge in [0.1, 0.15) is 0 Å². The molecular formula is C17H25N3O. The normalized spacial score (nSPS) is 11.8. The van der Waals surface area contributed by atoms with E-state index in [0.29, 0.717) is 0 Å². The van der Waals surface area contributed by atoms with Crippen LogP contribution >= 0.6 is 0 Å². The maximum absolute atomic E-state index is 8.91. The van der Waals surface area contributed by atoms with E-state index in [4.69, 9.17) is 5.11 Å². The molecule has 0 radical (unpaired) electrons. The summed E-state index contributed by atoms with van der Waals surface area (Å²) in [6, 6.07) is 10.1. The van der Waals surface area contributed by atoms with E-state index < -0.39 is 0 Å². The van der Waals surface area contributed by atoms with Gasteiger partial charge in [-0.25, -0.2) is 4.68 Å². The van der Waals surface area contributed by atoms with Crippen molar-refractivity contribution in [3.8, 4) is 5.69 Å². The molecule has 2 N–H and O–H groups in total. The highest BCUT2D eigenvalue weighted by molar-refractivity contribution is 5.30. The van der Waals surface area contributed by atoms with Crippen LogP contribution in [-0.4, -0.2) is 28.0 Å². The fourth-order valence-electron chi connectivity index (χ4n) is 2.36. The zero-order chi connectivity index (χ0) is 15.1. The minimum absolute atomic E-state index is 0.207. The number of aromatic nitrogens is 2. The van der Waals surface area contributed by atoms with Gasteiger partial charge in [-0.05, 0) is 30.4 Å². The first kappa shape index (κ1) is 15.7. The molecule has 0 saturated carbocycles. The topological polar surface area (TPSA) is 50.1 Å². The molecule has 0 amide bonds. The first-order chi connectivity index (χ1) is 10.1. The van der Waals surface area contributed by atoms with Crippen LogP contribution in [0.5, 0.6) is 0 Å². The standard InChI is InChI=1S/C17H25N3O/c1-17(2,9-6-10-21)14-18-11-15-12-19-20(13-15)16-7-4-3-5-8-16/h3-5,7-8,12-13,18,21H,6,9-11,14H2,1-2H3. The van der Waals surface area contributed by atoms with Gasteiger partial charge in [-0.15, -0.1) is 0 Å². The quantitative estimate of drug-likeness (QED) is 0.785. The Morgan fingerprint density at radius 3 is 2.71 bits per heavy atom. The van der Waals surface area contributed by atoms with E-state index >= 15 is 0 Å². The Hall–Kier alpha value is -1.65. The summed E-state index contributed by atoms with van der Waals surface area (Å²) in [6.07, 6.45) is 5.85. The summed E-state index contributed by atoms with van der Waals surface area (Å²) >= 11 is 0. The molecule has 0 fully saturated rings. The summed E-state index contributed by atoms with van der Waals surface area (Å²) in [5, 5.41) is 16.8. The van der Waals surface area contributed by atoms with Gasteiger partial charge in [0.15, 0.2) is 0 Å². The number of aliphatic hydroxyl groups excluding tert-OH is 1. The van der Waals surface area contributed by atoms with E-state index in [1.54, 1.807) is 0 Å². The molecule has 21 heavy (non-hydrogen) atoms. The summed E-state index contributed by atoms with van der Waals surface area (Å²) in [7, 11) is 0. The van der Waals surface area contributed by atoms with Crippen LogP contribution < -0.4 is 5.32 Å². The largest absolute Gasteiger partial charge is 0.396 e. The van der Waals surface area contributed by atoms with Crippen LogP contribution in [0.2, 0.25) is 0 Å². The summed E-state index contributed by atoms with van der Waals surface area (Å²) in [6.45, 7) is 6.47. The van der Waals surface area contributed by atoms with Crippen molar-refractivity contribution in [2.24, 2.45) is 5.41 Å². The highest BCUT2D eigenvalue weighted by Crippen LogP contribution is 2.20. The Morgan fingerprint density at radius 1 is 1.24 bits per heavy atom. The average Bonchev–Trinajstić information content (AvgIpc) is 2.95. The molecule has 1 aromatic heterocycles. The Bertz CT molecular complexity index is 534. The number of para-hydroxylation sites is 1. The third kappa shape index (κ3) is 4.99. The predicted molar refractivity (Wildman–Crippen MR) is 85.4 cm³/mol. The number of nitrogens with zero attached hydrogens (tertiary/aromatic N) is 2. The van der Waals surface area contributed by atoms with Gasteiger partial charge in [0.2, 0.25) is 0 Å². The maximum atomic E-state index is 8.91. The van der Waals surface area contributed by atoms with Crippen molar-refractivity contribution in [3.63, 3.8) is 0 Å². The summed E-state index contributed by atoms with van der Waals surface area (Å²) in [5.74, 6) is 0. The van der Waals surface area contributed by atoms with Gasteiger partial charge < -0.3 is 10.4 Å². The maximum Gasteiger partial charge on any atom is 0.0645 e. The Labute approximate surface area is 126 Å². The van der Waals surface area contributed by atoms with E-state index in [-0.39, 0.29) is 12.0 Å². The number of nitrogens with one attached hydrogen (secondary N) is 1. The van der Waals surface area contributed by atoms with E-state index in [1.807, 2.05) is 41.2 Å². The lowest BCUT2D eigenvalue weighted by atomic mass is 9.88. The monoisotopic (exact) mass is 287 g/mol. The van der Waals surface area contributed by atoms with E-state index in [2.05, 4.69) is 30.5 Å². The first-order valence-corrected chi connectivity index (χ1v) is 7.51. The zero-order valence-corrected chi connectivity index (χ0v) is 12.9. The van der Waals surface area contributed by atoms with Gasteiger partial charge >= 0.3 is 0 Å². The number of hydrogen-bond acceptors (Lipinski definition) is 3. The Morgan fingerprint density at radius 2 is 2.00 bits per heavy atom. The van der Waals surface area contributed by atoms with Gasteiger partial charge in [-0.2, -0.15) is 5.10 Å². The Balaban J connectivity index is 1.83. The van der Waals surface area contributed by atoms with E-state index in [0.717, 1.165) is 31.6 Å². The SMILES string of the molecule is CC(C)(CCCO)CNCc1cnn(-c2ccccc2)c1. The van der Waals surface area contributed by atoms with Crippen molar-refractivity contribution in [1.29, 1.82) is 0 Å². The second kappa shape index (κ2) is 7.38. The van der Waals surface area contributed by atoms with Crippen LogP contribution in [0.3, 0.4) is 0 Å². The molecular weight excluding hydrogens is 262 g/mol. The molecule has 1 heterocycles. The molecule has 2 rings (SSSR count). The molecule has 0 aliphatic heterocycles. The average molecular weight is 287 g/mol. The van der Waals surface area contributed by atoms with Gasteiger partial charge in [-0.3, -0.25) is 0 Å². The zero-order valence-electron chi connectivity index (χ0n) is 12.9. The van der Waals surface area contributed by atoms with Crippen molar-refractivity contribution in [2.75, 3.05) is 13.2 Å². The van der Waals surface area contributed by atoms with Crippen molar-refractivity contribution < 1.29 is 5.11 Å². The van der Waals surface area contributed by atoms with Gasteiger partial charge in [-0.1, -0.05) is 32.0 Å². The molecule has 0 aliphatic carbocycles. The molecule has 1 aromatic carbocycles. The lowest BCUT2D eigenvalue weighted by Crippen LogP contribution is -2.29. The molecule has 0 atom stereocenters. The van der Waals surface area contributed by atoms with Crippen LogP contribution in [0.25, 0.3) is 5.69 Å². The molecule has 114 valence electrons. The van der Waals surface area contributed by atoms with Crippen LogP contribution in [0.4, 0.5) is 0 Å². The van der Waals surface area contributed by atoms with E-state index in [1.165, 1.54) is 5.56 Å². The molecule has 0 bridgehead atoms. The third-order valence-corrected chi connectivity index (χ3v) is 3.60. The van der Waals surface area contributed by atoms with Crippen molar-refractivity contribution in [1.82, 2.24) is 15.1 Å². The van der Waals surface area contributed by atoms with E-state index in [9.17, 15) is 0 Å². The van der Waals surface area contributed by atoms with Crippen LogP contribution in [0, 0.1) is 5.41 Å². The molecule has 0 saturated heterocycles. The van der Waals surface area contributed by atoms with Crippen LogP contribution in [-0.2, 0) is 6.54 Å².